The molecule has 0 aliphatic carbocycles. The number of amides is 1. The minimum absolute atomic E-state index is 0.0180. The fourth-order valence-corrected chi connectivity index (χ4v) is 4.78. The number of fused-ring (bicyclic) bond motifs is 4. The van der Waals surface area contributed by atoms with Gasteiger partial charge in [0, 0.05) is 13.1 Å². The predicted octanol–water partition coefficient (Wildman–Crippen LogP) is 2.27. The summed E-state index contributed by atoms with van der Waals surface area (Å²) in [6, 6.07) is 12.5. The average Bonchev–Trinajstić information content (AvgIpc) is 3.14. The number of rotatable bonds is 1. The molecule has 0 spiro atoms. The number of nitrogens with one attached hydrogen (secondary N) is 2. The third-order valence-electron chi connectivity index (χ3n) is 5.19. The molecule has 2 N–H and O–H groups in total. The average molecular weight is 426 g/mol. The quantitative estimate of drug-likeness (QED) is 0.622. The van der Waals surface area contributed by atoms with Gasteiger partial charge in [0.2, 0.25) is 15.9 Å². The first-order chi connectivity index (χ1) is 14.2. The highest BCUT2D eigenvalue weighted by atomic mass is 32.2. The summed E-state index contributed by atoms with van der Waals surface area (Å²) in [6.07, 6.45) is 3.31. The van der Waals surface area contributed by atoms with Crippen molar-refractivity contribution in [2.75, 3.05) is 0 Å². The highest BCUT2D eigenvalue weighted by Gasteiger charge is 2.36. The van der Waals surface area contributed by atoms with Gasteiger partial charge in [-0.1, -0.05) is 18.2 Å². The molecule has 0 fully saturated rings. The van der Waals surface area contributed by atoms with E-state index < -0.39 is 27.5 Å². The molecule has 3 aromatic rings. The lowest BCUT2D eigenvalue weighted by Gasteiger charge is -2.33. The van der Waals surface area contributed by atoms with Crippen LogP contribution in [0.5, 0.6) is 11.5 Å². The van der Waals surface area contributed by atoms with Gasteiger partial charge < -0.3 is 14.6 Å². The number of aromatic nitrogens is 2. The molecule has 0 saturated heterocycles. The van der Waals surface area contributed by atoms with Crippen LogP contribution in [0.1, 0.15) is 25.1 Å². The number of imidazole rings is 1. The molecule has 30 heavy (non-hydrogen) atoms. The summed E-state index contributed by atoms with van der Waals surface area (Å²) in [5.41, 5.74) is 0.523. The SMILES string of the molecule is CC1NS(=O)(=O)c2cccc(c2)Oc2cccc(c2)C(C)(c2cncn2C)NC1=O. The number of carbonyl (C=O) groups is 1. The van der Waals surface area contributed by atoms with Crippen LogP contribution < -0.4 is 14.8 Å². The Morgan fingerprint density at radius 2 is 1.83 bits per heavy atom. The van der Waals surface area contributed by atoms with Crippen molar-refractivity contribution in [1.82, 2.24) is 19.6 Å². The van der Waals surface area contributed by atoms with Crippen molar-refractivity contribution in [3.8, 4) is 11.5 Å². The molecule has 156 valence electrons. The van der Waals surface area contributed by atoms with E-state index in [2.05, 4.69) is 15.0 Å². The Morgan fingerprint density at radius 1 is 1.13 bits per heavy atom. The molecule has 0 radical (unpaired) electrons. The lowest BCUT2D eigenvalue weighted by Crippen LogP contribution is -2.52. The van der Waals surface area contributed by atoms with E-state index in [1.54, 1.807) is 30.7 Å². The fraction of sp³-hybridized carbons (Fsp3) is 0.238. The zero-order chi connectivity index (χ0) is 21.5. The zero-order valence-corrected chi connectivity index (χ0v) is 17.6. The second kappa shape index (κ2) is 7.26. The summed E-state index contributed by atoms with van der Waals surface area (Å²) < 4.78 is 35.8. The summed E-state index contributed by atoms with van der Waals surface area (Å²) >= 11 is 0. The Labute approximate surface area is 175 Å². The number of hydrogen-bond donors (Lipinski definition) is 2. The number of aryl methyl sites for hydroxylation is 1. The van der Waals surface area contributed by atoms with Crippen LogP contribution in [0.15, 0.2) is 66.0 Å². The molecule has 1 aromatic heterocycles. The van der Waals surface area contributed by atoms with Crippen LogP contribution >= 0.6 is 0 Å². The van der Waals surface area contributed by atoms with Crippen LogP contribution in [-0.2, 0) is 27.4 Å². The molecule has 0 saturated carbocycles. The van der Waals surface area contributed by atoms with Crippen LogP contribution in [0, 0.1) is 0 Å². The van der Waals surface area contributed by atoms with E-state index in [9.17, 15) is 13.2 Å². The normalized spacial score (nSPS) is 23.3. The summed E-state index contributed by atoms with van der Waals surface area (Å²) in [6.45, 7) is 3.36. The number of ether oxygens (including phenoxy) is 1. The highest BCUT2D eigenvalue weighted by Crippen LogP contribution is 2.33. The molecule has 9 heteroatoms. The maximum absolute atomic E-state index is 13.0. The second-order valence-electron chi connectivity index (χ2n) is 7.45. The maximum atomic E-state index is 13.0. The topological polar surface area (TPSA) is 102 Å². The third-order valence-corrected chi connectivity index (χ3v) is 6.73. The largest absolute Gasteiger partial charge is 0.457 e. The van der Waals surface area contributed by atoms with Crippen LogP contribution in [0.4, 0.5) is 0 Å². The van der Waals surface area contributed by atoms with E-state index in [1.807, 2.05) is 36.7 Å². The molecule has 2 unspecified atom stereocenters. The molecular formula is C21H22N4O4S. The molecule has 8 nitrogen and oxygen atoms in total. The van der Waals surface area contributed by atoms with Crippen molar-refractivity contribution in [1.29, 1.82) is 0 Å². The molecule has 1 aliphatic heterocycles. The summed E-state index contributed by atoms with van der Waals surface area (Å²) in [5, 5.41) is 3.00. The fourth-order valence-electron chi connectivity index (χ4n) is 3.54. The number of nitrogens with zero attached hydrogens (tertiary/aromatic N) is 2. The van der Waals surface area contributed by atoms with Crippen molar-refractivity contribution in [2.24, 2.45) is 7.05 Å². The molecule has 4 rings (SSSR count). The number of sulfonamides is 1. The Hall–Kier alpha value is -3.17. The van der Waals surface area contributed by atoms with Gasteiger partial charge in [0.05, 0.1) is 29.2 Å². The Morgan fingerprint density at radius 3 is 2.53 bits per heavy atom. The predicted molar refractivity (Wildman–Crippen MR) is 111 cm³/mol. The van der Waals surface area contributed by atoms with Crippen LogP contribution in [0.3, 0.4) is 0 Å². The molecule has 2 aromatic carbocycles. The first-order valence-electron chi connectivity index (χ1n) is 9.39. The van der Waals surface area contributed by atoms with Gasteiger partial charge in [-0.25, -0.2) is 13.4 Å². The smallest absolute Gasteiger partial charge is 0.241 e. The first-order valence-corrected chi connectivity index (χ1v) is 10.9. The molecule has 1 amide bonds. The van der Waals surface area contributed by atoms with Gasteiger partial charge in [-0.15, -0.1) is 0 Å². The summed E-state index contributed by atoms with van der Waals surface area (Å²) in [4.78, 5) is 17.2. The zero-order valence-electron chi connectivity index (χ0n) is 16.8. The number of hydrogen-bond acceptors (Lipinski definition) is 5. The molecule has 1 aliphatic rings. The number of benzene rings is 2. The summed E-state index contributed by atoms with van der Waals surface area (Å²) in [7, 11) is -2.09. The highest BCUT2D eigenvalue weighted by molar-refractivity contribution is 7.89. The van der Waals surface area contributed by atoms with Crippen LogP contribution in [-0.4, -0.2) is 29.9 Å². The van der Waals surface area contributed by atoms with E-state index in [0.29, 0.717) is 11.5 Å². The van der Waals surface area contributed by atoms with E-state index in [1.165, 1.54) is 19.1 Å². The van der Waals surface area contributed by atoms with Gasteiger partial charge in [0.1, 0.15) is 17.0 Å². The maximum Gasteiger partial charge on any atom is 0.241 e. The third kappa shape index (κ3) is 3.57. The second-order valence-corrected chi connectivity index (χ2v) is 9.17. The lowest BCUT2D eigenvalue weighted by molar-refractivity contribution is -0.123. The van der Waals surface area contributed by atoms with Crippen molar-refractivity contribution >= 4 is 15.9 Å². The molecular weight excluding hydrogens is 404 g/mol. The Bertz CT molecular complexity index is 1220. The Balaban J connectivity index is 1.91. The van der Waals surface area contributed by atoms with E-state index in [0.717, 1.165) is 11.3 Å². The van der Waals surface area contributed by atoms with E-state index >= 15 is 0 Å². The minimum Gasteiger partial charge on any atom is -0.457 e. The standard InChI is InChI=1S/C21H22N4O4S/c1-14-20(26)23-21(2,19-12-22-13-25(19)3)15-6-4-7-16(10-15)29-17-8-5-9-18(11-17)30(27,28)24-14/h4-14,24H,1-3H3,(H,23,26). The van der Waals surface area contributed by atoms with Gasteiger partial charge in [-0.2, -0.15) is 4.72 Å². The van der Waals surface area contributed by atoms with Gasteiger partial charge in [-0.3, -0.25) is 4.79 Å². The van der Waals surface area contributed by atoms with Crippen molar-refractivity contribution in [3.63, 3.8) is 0 Å². The lowest BCUT2D eigenvalue weighted by atomic mass is 9.88. The van der Waals surface area contributed by atoms with Gasteiger partial charge in [0.15, 0.2) is 0 Å². The van der Waals surface area contributed by atoms with Gasteiger partial charge >= 0.3 is 0 Å². The van der Waals surface area contributed by atoms with Crippen molar-refractivity contribution < 1.29 is 17.9 Å². The molecule has 4 bridgehead atoms. The van der Waals surface area contributed by atoms with Gasteiger partial charge in [-0.05, 0) is 43.7 Å². The minimum atomic E-state index is -3.93. The molecule has 2 atom stereocenters. The van der Waals surface area contributed by atoms with E-state index in [4.69, 9.17) is 4.74 Å². The van der Waals surface area contributed by atoms with Crippen molar-refractivity contribution in [2.45, 2.75) is 30.3 Å². The Kier molecular flexibility index (Phi) is 4.87. The van der Waals surface area contributed by atoms with E-state index in [-0.39, 0.29) is 4.90 Å². The summed E-state index contributed by atoms with van der Waals surface area (Å²) in [5.74, 6) is 0.428. The van der Waals surface area contributed by atoms with Crippen molar-refractivity contribution in [3.05, 3.63) is 72.3 Å². The van der Waals surface area contributed by atoms with Crippen LogP contribution in [0.2, 0.25) is 0 Å². The van der Waals surface area contributed by atoms with Gasteiger partial charge in [0.25, 0.3) is 0 Å². The monoisotopic (exact) mass is 426 g/mol. The molecule has 2 heterocycles. The first kappa shape index (κ1) is 20.1. The van der Waals surface area contributed by atoms with Crippen LogP contribution in [0.25, 0.3) is 0 Å². The number of carbonyl (C=O) groups excluding carboxylic acids is 1.